The molecule has 0 saturated carbocycles. The molecule has 0 aliphatic rings. The van der Waals surface area contributed by atoms with E-state index < -0.39 is 97.5 Å². The lowest BCUT2D eigenvalue weighted by molar-refractivity contribution is -0.161. The maximum absolute atomic E-state index is 13.1. The third-order valence-electron chi connectivity index (χ3n) is 16.5. The van der Waals surface area contributed by atoms with Crippen LogP contribution >= 0.6 is 15.6 Å². The zero-order valence-corrected chi connectivity index (χ0v) is 69.9. The molecule has 0 bridgehead atoms. The molecule has 0 amide bonds. The van der Waals surface area contributed by atoms with E-state index in [4.69, 9.17) is 37.0 Å². The van der Waals surface area contributed by atoms with Crippen LogP contribution in [-0.4, -0.2) is 96.7 Å². The van der Waals surface area contributed by atoms with Crippen molar-refractivity contribution in [2.75, 3.05) is 39.6 Å². The summed E-state index contributed by atoms with van der Waals surface area (Å²) in [7, 11) is -10.0. The van der Waals surface area contributed by atoms with Crippen molar-refractivity contribution < 1.29 is 80.2 Å². The zero-order valence-electron chi connectivity index (χ0n) is 68.1. The molecule has 0 spiro atoms. The maximum atomic E-state index is 13.1. The second-order valence-corrected chi connectivity index (χ2v) is 29.8. The summed E-state index contributed by atoms with van der Waals surface area (Å²) in [6.07, 6.45) is 99.7. The summed E-state index contributed by atoms with van der Waals surface area (Å²) in [5.41, 5.74) is 0. The van der Waals surface area contributed by atoms with Crippen molar-refractivity contribution >= 4 is 39.5 Å². The van der Waals surface area contributed by atoms with Crippen molar-refractivity contribution in [3.63, 3.8) is 0 Å². The highest BCUT2D eigenvalue weighted by Crippen LogP contribution is 2.45. The maximum Gasteiger partial charge on any atom is 0.472 e. The van der Waals surface area contributed by atoms with Crippen molar-refractivity contribution in [1.82, 2.24) is 0 Å². The van der Waals surface area contributed by atoms with Gasteiger partial charge in [0.2, 0.25) is 0 Å². The Hall–Kier alpha value is -6.10. The molecule has 17 nitrogen and oxygen atoms in total. The van der Waals surface area contributed by atoms with Crippen LogP contribution < -0.4 is 0 Å². The molecule has 0 heterocycles. The fourth-order valence-corrected chi connectivity index (χ4v) is 11.9. The lowest BCUT2D eigenvalue weighted by Crippen LogP contribution is -2.30. The number of aliphatic hydroxyl groups excluding tert-OH is 1. The largest absolute Gasteiger partial charge is 0.472 e. The second-order valence-electron chi connectivity index (χ2n) is 26.9. The molecule has 0 aromatic carbocycles. The number of hydrogen-bond acceptors (Lipinski definition) is 15. The van der Waals surface area contributed by atoms with Crippen LogP contribution in [0.15, 0.2) is 194 Å². The number of rotatable bonds is 76. The van der Waals surface area contributed by atoms with Gasteiger partial charge in [-0.25, -0.2) is 9.13 Å². The first-order valence-electron chi connectivity index (χ1n) is 41.7. The number of ether oxygens (including phenoxy) is 4. The number of phosphoric acid groups is 2. The summed E-state index contributed by atoms with van der Waals surface area (Å²) < 4.78 is 68.7. The Morgan fingerprint density at radius 1 is 0.264 bits per heavy atom. The van der Waals surface area contributed by atoms with Crippen LogP contribution in [0.5, 0.6) is 0 Å². The number of carbonyl (C=O) groups excluding carboxylic acids is 4. The standard InChI is InChI=1S/C91H146O17P2/c1-5-9-13-17-21-25-29-33-37-40-42-45-48-51-55-59-63-67-71-75-88(93)101-81-86(107-90(95)77-73-69-65-61-57-53-47-36-32-28-24-20-16-12-8-4)83-105-109(97,98)103-79-85(92)80-104-110(99,100)106-84-87(108-91(96)78-74-70-66-62-58-54-50-44-39-35-31-27-23-19-15-11-7-3)82-102-89(94)76-72-68-64-60-56-52-49-46-43-41-38-34-30-26-22-18-14-10-6-2/h9-11,13-15,21-28,33-39,42-43,45-47,50-52,54-56,85-87,92H,5-8,12,16-20,29-32,40-41,44,48-49,53,57-84H2,1-4H3,(H,97,98)(H,99,100)/b13-9-,14-10-,15-11-,25-21-,26-22-,27-23-,28-24-,37-33-,38-34-,39-35-,45-42-,46-43-,47-36-,54-50-,55-51-,56-52-. The molecule has 0 saturated heterocycles. The van der Waals surface area contributed by atoms with Gasteiger partial charge in [0.05, 0.1) is 26.4 Å². The Labute approximate surface area is 666 Å². The van der Waals surface area contributed by atoms with Crippen molar-refractivity contribution in [2.24, 2.45) is 0 Å². The van der Waals surface area contributed by atoms with Gasteiger partial charge < -0.3 is 33.8 Å². The highest BCUT2D eigenvalue weighted by atomic mass is 31.2. The first kappa shape index (κ1) is 104. The van der Waals surface area contributed by atoms with E-state index in [1.165, 1.54) is 19.3 Å². The molecule has 0 aliphatic carbocycles. The Kier molecular flexibility index (Phi) is 76.4. The van der Waals surface area contributed by atoms with E-state index in [9.17, 15) is 43.2 Å². The minimum absolute atomic E-state index is 0.0504. The van der Waals surface area contributed by atoms with Gasteiger partial charge in [-0.3, -0.25) is 37.3 Å². The third-order valence-corrected chi connectivity index (χ3v) is 18.4. The summed E-state index contributed by atoms with van der Waals surface area (Å²) in [6, 6.07) is 0. The third kappa shape index (κ3) is 80.0. The topological polar surface area (TPSA) is 237 Å². The molecule has 0 radical (unpaired) electrons. The Balaban J connectivity index is 5.50. The minimum Gasteiger partial charge on any atom is -0.462 e. The molecule has 110 heavy (non-hydrogen) atoms. The van der Waals surface area contributed by atoms with Crippen LogP contribution in [0.1, 0.15) is 297 Å². The fourth-order valence-electron chi connectivity index (χ4n) is 10.3. The molecule has 3 N–H and O–H groups in total. The van der Waals surface area contributed by atoms with Crippen LogP contribution in [0.4, 0.5) is 0 Å². The molecular formula is C91H146O17P2. The van der Waals surface area contributed by atoms with Crippen LogP contribution in [0, 0.1) is 0 Å². The van der Waals surface area contributed by atoms with Gasteiger partial charge in [-0.1, -0.05) is 280 Å². The number of unbranched alkanes of at least 4 members (excludes halogenated alkanes) is 18. The van der Waals surface area contributed by atoms with Gasteiger partial charge in [0, 0.05) is 25.7 Å². The molecule has 5 unspecified atom stereocenters. The van der Waals surface area contributed by atoms with E-state index in [1.54, 1.807) is 0 Å². The van der Waals surface area contributed by atoms with E-state index in [1.807, 2.05) is 0 Å². The van der Waals surface area contributed by atoms with Gasteiger partial charge in [0.15, 0.2) is 12.2 Å². The number of phosphoric ester groups is 2. The van der Waals surface area contributed by atoms with Crippen LogP contribution in [0.25, 0.3) is 0 Å². The predicted octanol–water partition coefficient (Wildman–Crippen LogP) is 24.9. The quantitative estimate of drug-likeness (QED) is 0.0169. The highest BCUT2D eigenvalue weighted by Gasteiger charge is 2.30. The van der Waals surface area contributed by atoms with Crippen molar-refractivity contribution in [2.45, 2.75) is 316 Å². The summed E-state index contributed by atoms with van der Waals surface area (Å²) >= 11 is 0. The molecule has 19 heteroatoms. The smallest absolute Gasteiger partial charge is 0.462 e. The summed E-state index contributed by atoms with van der Waals surface area (Å²) in [5.74, 6) is -2.31. The van der Waals surface area contributed by atoms with Gasteiger partial charge >= 0.3 is 39.5 Å². The van der Waals surface area contributed by atoms with Crippen molar-refractivity contribution in [3.8, 4) is 0 Å². The van der Waals surface area contributed by atoms with Gasteiger partial charge in [0.1, 0.15) is 19.3 Å². The van der Waals surface area contributed by atoms with Crippen molar-refractivity contribution in [1.29, 1.82) is 0 Å². The molecule has 0 rings (SSSR count). The number of aliphatic hydroxyl groups is 1. The predicted molar refractivity (Wildman–Crippen MR) is 454 cm³/mol. The lowest BCUT2D eigenvalue weighted by Gasteiger charge is -2.21. The first-order valence-corrected chi connectivity index (χ1v) is 44.7. The molecule has 0 aromatic rings. The van der Waals surface area contributed by atoms with Gasteiger partial charge in [-0.2, -0.15) is 0 Å². The van der Waals surface area contributed by atoms with Crippen molar-refractivity contribution in [3.05, 3.63) is 194 Å². The molecule has 622 valence electrons. The Bertz CT molecular complexity index is 2850. The Morgan fingerprint density at radius 2 is 0.473 bits per heavy atom. The van der Waals surface area contributed by atoms with E-state index >= 15 is 0 Å². The number of carbonyl (C=O) groups is 4. The van der Waals surface area contributed by atoms with Gasteiger partial charge in [0.25, 0.3) is 0 Å². The van der Waals surface area contributed by atoms with Gasteiger partial charge in [-0.05, 0) is 186 Å². The fraction of sp³-hybridized carbons (Fsp3) is 0.604. The number of hydrogen-bond donors (Lipinski definition) is 3. The monoisotopic (exact) mass is 1570 g/mol. The Morgan fingerprint density at radius 3 is 0.736 bits per heavy atom. The van der Waals surface area contributed by atoms with Crippen LogP contribution in [-0.2, 0) is 65.4 Å². The van der Waals surface area contributed by atoms with Crippen LogP contribution in [0.3, 0.4) is 0 Å². The molecule has 5 atom stereocenters. The van der Waals surface area contributed by atoms with E-state index in [2.05, 4.69) is 222 Å². The highest BCUT2D eigenvalue weighted by molar-refractivity contribution is 7.47. The van der Waals surface area contributed by atoms with Gasteiger partial charge in [-0.15, -0.1) is 0 Å². The molecule has 0 aromatic heterocycles. The summed E-state index contributed by atoms with van der Waals surface area (Å²) in [6.45, 7) is 4.38. The number of allylic oxidation sites excluding steroid dienone is 32. The summed E-state index contributed by atoms with van der Waals surface area (Å²) in [5, 5.41) is 10.7. The van der Waals surface area contributed by atoms with E-state index in [0.717, 1.165) is 199 Å². The SMILES string of the molecule is CC/C=C\C/C=C\C/C=C\C/C=C\C/C=C\CCCCCC(=O)OCC(COP(=O)(O)OCC(O)COP(=O)(O)OCC(COC(=O)CCCCC/C=C\C/C=C\C/C=C\C/C=C\C/C=C\CC)OC(=O)CCCCCCC/C=C\C/C=C\CCCCC)OC(=O)CCCCCC/C=C\C/C=C\C/C=C\C/C=C\CC. The zero-order chi connectivity index (χ0) is 80.3. The molecule has 0 fully saturated rings. The molecular weight excluding hydrogens is 1430 g/mol. The van der Waals surface area contributed by atoms with Crippen LogP contribution in [0.2, 0.25) is 0 Å². The summed E-state index contributed by atoms with van der Waals surface area (Å²) in [4.78, 5) is 73.2. The lowest BCUT2D eigenvalue weighted by atomic mass is 10.1. The first-order chi connectivity index (χ1) is 53.7. The minimum atomic E-state index is -5.01. The second kappa shape index (κ2) is 80.9. The average Bonchev–Trinajstić information content (AvgIpc) is 0.906. The number of esters is 4. The van der Waals surface area contributed by atoms with E-state index in [-0.39, 0.29) is 25.7 Å². The molecule has 0 aliphatic heterocycles. The average molecular weight is 1570 g/mol. The normalized spacial score (nSPS) is 14.8. The van der Waals surface area contributed by atoms with E-state index in [0.29, 0.717) is 25.7 Å².